The quantitative estimate of drug-likeness (QED) is 0.721. The Kier molecular flexibility index (Phi) is 5.81. The Labute approximate surface area is 124 Å². The summed E-state index contributed by atoms with van der Waals surface area (Å²) in [4.78, 5) is 23.2. The first-order valence-corrected chi connectivity index (χ1v) is 7.18. The molecule has 21 heavy (non-hydrogen) atoms. The number of hydrogen-bond acceptors (Lipinski definition) is 3. The van der Waals surface area contributed by atoms with Crippen molar-refractivity contribution in [2.45, 2.75) is 46.6 Å². The lowest BCUT2D eigenvalue weighted by Crippen LogP contribution is -2.46. The number of carboxylic acids is 1. The highest BCUT2D eigenvalue weighted by Crippen LogP contribution is 2.25. The monoisotopic (exact) mass is 296 g/mol. The lowest BCUT2D eigenvalue weighted by atomic mass is 9.82. The zero-order valence-corrected chi connectivity index (χ0v) is 13.0. The number of amides is 2. The summed E-state index contributed by atoms with van der Waals surface area (Å²) in [5.41, 5.74) is -0.915. The highest BCUT2D eigenvalue weighted by molar-refractivity contribution is 5.78. The lowest BCUT2D eigenvalue weighted by Gasteiger charge is -2.27. The number of aryl methyl sites for hydroxylation is 1. The summed E-state index contributed by atoms with van der Waals surface area (Å²) in [7, 11) is 0. The van der Waals surface area contributed by atoms with Gasteiger partial charge in [-0.15, -0.1) is 0 Å². The van der Waals surface area contributed by atoms with E-state index in [0.29, 0.717) is 18.6 Å². The molecule has 1 heterocycles. The first kappa shape index (κ1) is 17.1. The van der Waals surface area contributed by atoms with Crippen molar-refractivity contribution in [1.82, 2.24) is 10.6 Å². The van der Waals surface area contributed by atoms with E-state index in [1.807, 2.05) is 33.8 Å². The largest absolute Gasteiger partial charge is 0.481 e. The number of carbonyl (C=O) groups excluding carboxylic acids is 1. The van der Waals surface area contributed by atoms with Crippen molar-refractivity contribution in [2.75, 3.05) is 6.54 Å². The Morgan fingerprint density at radius 3 is 2.38 bits per heavy atom. The number of urea groups is 1. The predicted octanol–water partition coefficient (Wildman–Crippen LogP) is 2.84. The number of carboxylic acid groups (broad SMARTS) is 1. The first-order chi connectivity index (χ1) is 9.84. The maximum atomic E-state index is 11.9. The minimum absolute atomic E-state index is 0.102. The Bertz CT molecular complexity index is 492. The van der Waals surface area contributed by atoms with E-state index in [9.17, 15) is 14.7 Å². The third-order valence-electron chi connectivity index (χ3n) is 3.93. The molecule has 0 saturated carbocycles. The van der Waals surface area contributed by atoms with E-state index in [1.54, 1.807) is 6.07 Å². The van der Waals surface area contributed by atoms with E-state index < -0.39 is 17.4 Å². The van der Waals surface area contributed by atoms with Crippen LogP contribution in [0.5, 0.6) is 0 Å². The predicted molar refractivity (Wildman–Crippen MR) is 79.0 cm³/mol. The Balaban J connectivity index is 2.55. The number of rotatable bonds is 7. The Hall–Kier alpha value is -1.98. The fourth-order valence-electron chi connectivity index (χ4n) is 2.13. The zero-order valence-electron chi connectivity index (χ0n) is 13.0. The van der Waals surface area contributed by atoms with Crippen molar-refractivity contribution in [3.05, 3.63) is 23.7 Å². The molecule has 1 rings (SSSR count). The summed E-state index contributed by atoms with van der Waals surface area (Å²) in [6.07, 6.45) is 0.929. The molecule has 0 radical (unpaired) electrons. The van der Waals surface area contributed by atoms with Crippen LogP contribution in [0.25, 0.3) is 0 Å². The van der Waals surface area contributed by atoms with Gasteiger partial charge in [-0.25, -0.2) is 4.79 Å². The maximum absolute atomic E-state index is 11.9. The van der Waals surface area contributed by atoms with E-state index in [2.05, 4.69) is 10.6 Å². The highest BCUT2D eigenvalue weighted by atomic mass is 16.4. The molecular formula is C15H24N2O4. The second-order valence-electron chi connectivity index (χ2n) is 5.29. The van der Waals surface area contributed by atoms with Crippen LogP contribution in [0.3, 0.4) is 0 Å². The molecule has 0 bridgehead atoms. The van der Waals surface area contributed by atoms with Crippen LogP contribution in [-0.4, -0.2) is 23.7 Å². The molecule has 6 nitrogen and oxygen atoms in total. The van der Waals surface area contributed by atoms with Crippen LogP contribution in [0.4, 0.5) is 4.79 Å². The molecule has 3 N–H and O–H groups in total. The summed E-state index contributed by atoms with van der Waals surface area (Å²) in [6.45, 7) is 7.37. The lowest BCUT2D eigenvalue weighted by molar-refractivity contribution is -0.149. The van der Waals surface area contributed by atoms with Crippen LogP contribution < -0.4 is 10.6 Å². The fraction of sp³-hybridized carbons (Fsp3) is 0.600. The van der Waals surface area contributed by atoms with Crippen molar-refractivity contribution in [1.29, 1.82) is 0 Å². The molecule has 0 fully saturated rings. The van der Waals surface area contributed by atoms with Crippen LogP contribution >= 0.6 is 0 Å². The molecule has 1 aromatic rings. The van der Waals surface area contributed by atoms with Gasteiger partial charge in [-0.1, -0.05) is 13.8 Å². The molecule has 1 atom stereocenters. The molecule has 0 saturated heterocycles. The third kappa shape index (κ3) is 4.24. The number of furan rings is 1. The van der Waals surface area contributed by atoms with Gasteiger partial charge < -0.3 is 20.2 Å². The average molecular weight is 296 g/mol. The summed E-state index contributed by atoms with van der Waals surface area (Å²) in [5.74, 6) is 0.557. The van der Waals surface area contributed by atoms with Crippen molar-refractivity contribution in [2.24, 2.45) is 5.41 Å². The molecule has 2 amide bonds. The molecule has 0 spiro atoms. The molecule has 0 aromatic carbocycles. The van der Waals surface area contributed by atoms with Gasteiger partial charge in [-0.2, -0.15) is 0 Å². The van der Waals surface area contributed by atoms with E-state index in [4.69, 9.17) is 4.42 Å². The van der Waals surface area contributed by atoms with Gasteiger partial charge in [0.2, 0.25) is 0 Å². The van der Waals surface area contributed by atoms with Gasteiger partial charge in [-0.05, 0) is 38.8 Å². The van der Waals surface area contributed by atoms with Gasteiger partial charge in [0.1, 0.15) is 11.5 Å². The number of carbonyl (C=O) groups is 2. The van der Waals surface area contributed by atoms with E-state index in [1.165, 1.54) is 0 Å². The van der Waals surface area contributed by atoms with Gasteiger partial charge >= 0.3 is 12.0 Å². The standard InChI is InChI=1S/C15H24N2O4/c1-5-15(6-2,13(18)19)9-16-14(20)17-11(4)12-8-7-10(3)21-12/h7-8,11H,5-6,9H2,1-4H3,(H,18,19)(H2,16,17,20). The van der Waals surface area contributed by atoms with E-state index >= 15 is 0 Å². The van der Waals surface area contributed by atoms with Crippen LogP contribution in [-0.2, 0) is 4.79 Å². The second-order valence-corrected chi connectivity index (χ2v) is 5.29. The molecule has 0 aliphatic carbocycles. The van der Waals surface area contributed by atoms with Gasteiger partial charge in [0.25, 0.3) is 0 Å². The zero-order chi connectivity index (χ0) is 16.0. The van der Waals surface area contributed by atoms with Crippen LogP contribution in [0.2, 0.25) is 0 Å². The summed E-state index contributed by atoms with van der Waals surface area (Å²) in [6, 6.07) is 2.96. The van der Waals surface area contributed by atoms with Crippen LogP contribution in [0.15, 0.2) is 16.5 Å². The van der Waals surface area contributed by atoms with Crippen molar-refractivity contribution < 1.29 is 19.1 Å². The highest BCUT2D eigenvalue weighted by Gasteiger charge is 2.35. The van der Waals surface area contributed by atoms with Crippen molar-refractivity contribution in [3.8, 4) is 0 Å². The number of hydrogen-bond donors (Lipinski definition) is 3. The van der Waals surface area contributed by atoms with E-state index in [-0.39, 0.29) is 12.6 Å². The van der Waals surface area contributed by atoms with Gasteiger partial charge in [0, 0.05) is 6.54 Å². The van der Waals surface area contributed by atoms with Crippen LogP contribution in [0, 0.1) is 12.3 Å². The normalized spacial score (nSPS) is 12.8. The summed E-state index contributed by atoms with van der Waals surface area (Å²) in [5, 5.41) is 14.7. The van der Waals surface area contributed by atoms with Crippen molar-refractivity contribution in [3.63, 3.8) is 0 Å². The van der Waals surface area contributed by atoms with E-state index in [0.717, 1.165) is 5.76 Å². The smallest absolute Gasteiger partial charge is 0.315 e. The number of nitrogens with one attached hydrogen (secondary N) is 2. The second kappa shape index (κ2) is 7.15. The fourth-order valence-corrected chi connectivity index (χ4v) is 2.13. The Morgan fingerprint density at radius 1 is 1.33 bits per heavy atom. The Morgan fingerprint density at radius 2 is 1.95 bits per heavy atom. The van der Waals surface area contributed by atoms with Crippen molar-refractivity contribution >= 4 is 12.0 Å². The average Bonchev–Trinajstić information content (AvgIpc) is 2.87. The first-order valence-electron chi connectivity index (χ1n) is 7.18. The minimum atomic E-state index is -0.915. The maximum Gasteiger partial charge on any atom is 0.315 e. The SMILES string of the molecule is CCC(CC)(CNC(=O)NC(C)c1ccc(C)o1)C(=O)O. The topological polar surface area (TPSA) is 91.6 Å². The van der Waals surface area contributed by atoms with Gasteiger partial charge in [-0.3, -0.25) is 4.79 Å². The summed E-state index contributed by atoms with van der Waals surface area (Å²) >= 11 is 0. The molecule has 1 unspecified atom stereocenters. The minimum Gasteiger partial charge on any atom is -0.481 e. The number of aliphatic carboxylic acids is 1. The van der Waals surface area contributed by atoms with Gasteiger partial charge in [0.05, 0.1) is 11.5 Å². The third-order valence-corrected chi connectivity index (χ3v) is 3.93. The molecule has 0 aliphatic heterocycles. The van der Waals surface area contributed by atoms with Gasteiger partial charge in [0.15, 0.2) is 0 Å². The molecule has 0 aliphatic rings. The molecule has 118 valence electrons. The molecular weight excluding hydrogens is 272 g/mol. The molecule has 1 aromatic heterocycles. The van der Waals surface area contributed by atoms with Crippen LogP contribution in [0.1, 0.15) is 51.2 Å². The summed E-state index contributed by atoms with van der Waals surface area (Å²) < 4.78 is 5.44. The molecule has 6 heteroatoms.